The molecule has 0 aliphatic rings. The minimum Gasteiger partial charge on any atom is -0.482 e. The Labute approximate surface area is 201 Å². The minimum atomic E-state index is -0.809. The third-order valence-corrected chi connectivity index (χ3v) is 5.31. The highest BCUT2D eigenvalue weighted by Gasteiger charge is 2.25. The Morgan fingerprint density at radius 3 is 2.43 bits per heavy atom. The molecule has 1 amide bonds. The van der Waals surface area contributed by atoms with Crippen LogP contribution in [0, 0.1) is 10.1 Å². The van der Waals surface area contributed by atoms with E-state index in [0.717, 1.165) is 10.8 Å². The van der Waals surface area contributed by atoms with E-state index in [-0.39, 0.29) is 24.0 Å². The van der Waals surface area contributed by atoms with Gasteiger partial charge in [0, 0.05) is 24.6 Å². The summed E-state index contributed by atoms with van der Waals surface area (Å²) in [6.45, 7) is 1.03. The summed E-state index contributed by atoms with van der Waals surface area (Å²) in [4.78, 5) is 35.7. The fourth-order valence-corrected chi connectivity index (χ4v) is 3.82. The van der Waals surface area contributed by atoms with Crippen LogP contribution >= 0.6 is 0 Å². The lowest BCUT2D eigenvalue weighted by Gasteiger charge is -2.23. The summed E-state index contributed by atoms with van der Waals surface area (Å²) in [6, 6.07) is 24.9. The number of rotatable bonds is 8. The van der Waals surface area contributed by atoms with Crippen LogP contribution in [0.15, 0.2) is 91.0 Å². The average Bonchev–Trinajstić information content (AvgIpc) is 2.87. The normalized spacial score (nSPS) is 11.5. The molecule has 35 heavy (non-hydrogen) atoms. The van der Waals surface area contributed by atoms with Gasteiger partial charge in [0.15, 0.2) is 6.61 Å². The van der Waals surface area contributed by atoms with E-state index in [1.807, 2.05) is 30.3 Å². The van der Waals surface area contributed by atoms with Crippen LogP contribution in [-0.2, 0) is 9.59 Å². The molecular formula is C27H22N2O6. The molecule has 0 fully saturated rings. The second kappa shape index (κ2) is 10.5. The molecule has 8 nitrogen and oxygen atoms in total. The topological polar surface area (TPSA) is 108 Å². The number of nitro groups is 1. The van der Waals surface area contributed by atoms with Crippen LogP contribution in [0.3, 0.4) is 0 Å². The Balaban J connectivity index is 1.76. The van der Waals surface area contributed by atoms with Gasteiger partial charge in [-0.3, -0.25) is 14.9 Å². The van der Waals surface area contributed by atoms with Crippen molar-refractivity contribution < 1.29 is 24.0 Å². The largest absolute Gasteiger partial charge is 0.482 e. The van der Waals surface area contributed by atoms with Gasteiger partial charge in [-0.2, -0.15) is 0 Å². The first-order chi connectivity index (χ1) is 16.9. The maximum absolute atomic E-state index is 12.7. The van der Waals surface area contributed by atoms with Crippen molar-refractivity contribution in [2.24, 2.45) is 0 Å². The molecule has 0 saturated carbocycles. The Hall–Kier alpha value is -4.72. The summed E-state index contributed by atoms with van der Waals surface area (Å²) in [5.74, 6) is -0.239. The molecule has 4 rings (SSSR count). The monoisotopic (exact) mass is 470 g/mol. The number of carbonyl (C=O) groups is 2. The lowest BCUT2D eigenvalue weighted by atomic mass is 9.92. The zero-order valence-electron chi connectivity index (χ0n) is 18.8. The van der Waals surface area contributed by atoms with Crippen LogP contribution in [-0.4, -0.2) is 23.4 Å². The molecule has 4 aromatic carbocycles. The first kappa shape index (κ1) is 23.4. The molecule has 4 aromatic rings. The molecule has 0 aromatic heterocycles. The number of para-hydroxylation sites is 1. The third-order valence-electron chi connectivity index (χ3n) is 5.31. The van der Waals surface area contributed by atoms with Gasteiger partial charge in [0.25, 0.3) is 5.69 Å². The molecule has 8 heteroatoms. The Morgan fingerprint density at radius 2 is 1.69 bits per heavy atom. The predicted molar refractivity (Wildman–Crippen MR) is 130 cm³/mol. The number of nitrogens with one attached hydrogen (secondary N) is 1. The summed E-state index contributed by atoms with van der Waals surface area (Å²) < 4.78 is 11.2. The second-order valence-electron chi connectivity index (χ2n) is 7.76. The van der Waals surface area contributed by atoms with Crippen molar-refractivity contribution in [2.75, 3.05) is 6.61 Å². The Bertz CT molecular complexity index is 1390. The number of esters is 1. The summed E-state index contributed by atoms with van der Waals surface area (Å²) in [5.41, 5.74) is 0.864. The van der Waals surface area contributed by atoms with Crippen LogP contribution in [0.25, 0.3) is 10.8 Å². The molecule has 1 unspecified atom stereocenters. The fraction of sp³-hybridized carbons (Fsp3) is 0.111. The summed E-state index contributed by atoms with van der Waals surface area (Å²) >= 11 is 0. The van der Waals surface area contributed by atoms with Crippen LogP contribution in [0.4, 0.5) is 5.69 Å². The van der Waals surface area contributed by atoms with Gasteiger partial charge in [-0.05, 0) is 34.5 Å². The van der Waals surface area contributed by atoms with Gasteiger partial charge in [-0.25, -0.2) is 4.79 Å². The number of nitro benzene ring substituents is 1. The predicted octanol–water partition coefficient (Wildman–Crippen LogP) is 4.96. The van der Waals surface area contributed by atoms with Crippen molar-refractivity contribution in [3.05, 3.63) is 112 Å². The first-order valence-electron chi connectivity index (χ1n) is 10.8. The summed E-state index contributed by atoms with van der Waals surface area (Å²) in [6.07, 6.45) is 0. The number of hydrogen-bond acceptors (Lipinski definition) is 6. The lowest BCUT2D eigenvalue weighted by molar-refractivity contribution is -0.384. The van der Waals surface area contributed by atoms with E-state index >= 15 is 0 Å². The molecule has 1 atom stereocenters. The van der Waals surface area contributed by atoms with E-state index in [4.69, 9.17) is 9.47 Å². The van der Waals surface area contributed by atoms with Crippen molar-refractivity contribution in [3.8, 4) is 11.5 Å². The van der Waals surface area contributed by atoms with Gasteiger partial charge in [-0.1, -0.05) is 60.7 Å². The summed E-state index contributed by atoms with van der Waals surface area (Å²) in [7, 11) is 0. The van der Waals surface area contributed by atoms with Crippen molar-refractivity contribution in [2.45, 2.75) is 13.0 Å². The van der Waals surface area contributed by atoms with Gasteiger partial charge in [-0.15, -0.1) is 0 Å². The van der Waals surface area contributed by atoms with Crippen molar-refractivity contribution >= 4 is 28.3 Å². The number of benzene rings is 4. The smallest absolute Gasteiger partial charge is 0.349 e. The van der Waals surface area contributed by atoms with Gasteiger partial charge in [0.1, 0.15) is 11.5 Å². The minimum absolute atomic E-state index is 0.118. The Morgan fingerprint density at radius 1 is 0.943 bits per heavy atom. The highest BCUT2D eigenvalue weighted by molar-refractivity contribution is 5.90. The molecule has 0 spiro atoms. The number of nitrogens with zero attached hydrogens (tertiary/aromatic N) is 1. The maximum Gasteiger partial charge on any atom is 0.349 e. The van der Waals surface area contributed by atoms with Gasteiger partial charge < -0.3 is 14.8 Å². The molecule has 0 aliphatic carbocycles. The fourth-order valence-electron chi connectivity index (χ4n) is 3.82. The van der Waals surface area contributed by atoms with Crippen molar-refractivity contribution in [1.29, 1.82) is 0 Å². The van der Waals surface area contributed by atoms with Crippen LogP contribution in [0.1, 0.15) is 24.1 Å². The van der Waals surface area contributed by atoms with Crippen molar-refractivity contribution in [1.82, 2.24) is 5.32 Å². The molecule has 0 bridgehead atoms. The number of ether oxygens (including phenoxy) is 2. The average molecular weight is 470 g/mol. The summed E-state index contributed by atoms with van der Waals surface area (Å²) in [5, 5.41) is 15.8. The second-order valence-corrected chi connectivity index (χ2v) is 7.76. The molecule has 176 valence electrons. The van der Waals surface area contributed by atoms with E-state index in [9.17, 15) is 19.7 Å². The molecule has 1 N–H and O–H groups in total. The number of carbonyl (C=O) groups excluding carboxylic acids is 2. The quantitative estimate of drug-likeness (QED) is 0.169. The van der Waals surface area contributed by atoms with E-state index in [1.165, 1.54) is 19.1 Å². The van der Waals surface area contributed by atoms with E-state index in [1.54, 1.807) is 48.5 Å². The lowest BCUT2D eigenvalue weighted by Crippen LogP contribution is -2.28. The van der Waals surface area contributed by atoms with Crippen molar-refractivity contribution in [3.63, 3.8) is 0 Å². The molecular weight excluding hydrogens is 448 g/mol. The highest BCUT2D eigenvalue weighted by atomic mass is 16.6. The van der Waals surface area contributed by atoms with Crippen LogP contribution in [0.2, 0.25) is 0 Å². The molecule has 0 saturated heterocycles. The molecule has 0 aliphatic heterocycles. The number of non-ortho nitro benzene ring substituents is 1. The standard InChI is InChI=1S/C27H22N2O6/c1-18(30)28-27(20-9-7-10-21(16-20)29(32)33)26-23-13-6-5-8-19(23)14-15-24(26)35-25(31)17-34-22-11-3-2-4-12-22/h2-16,27H,17H2,1H3,(H,28,30). The first-order valence-corrected chi connectivity index (χ1v) is 10.8. The SMILES string of the molecule is CC(=O)NC(c1cccc([N+](=O)[O-])c1)c1c(OC(=O)COc2ccccc2)ccc2ccccc12. The maximum atomic E-state index is 12.7. The molecule has 0 heterocycles. The number of fused-ring (bicyclic) bond motifs is 1. The van der Waals surface area contributed by atoms with E-state index in [2.05, 4.69) is 5.32 Å². The highest BCUT2D eigenvalue weighted by Crippen LogP contribution is 2.37. The van der Waals surface area contributed by atoms with E-state index in [0.29, 0.717) is 16.9 Å². The van der Waals surface area contributed by atoms with Crippen LogP contribution < -0.4 is 14.8 Å². The zero-order valence-corrected chi connectivity index (χ0v) is 18.8. The van der Waals surface area contributed by atoms with Gasteiger partial charge in [0.2, 0.25) is 5.91 Å². The number of amides is 1. The number of hydrogen-bond donors (Lipinski definition) is 1. The van der Waals surface area contributed by atoms with Crippen LogP contribution in [0.5, 0.6) is 11.5 Å². The molecule has 0 radical (unpaired) electrons. The Kier molecular flexibility index (Phi) is 7.02. The third kappa shape index (κ3) is 5.62. The zero-order chi connectivity index (χ0) is 24.8. The van der Waals surface area contributed by atoms with Gasteiger partial charge >= 0.3 is 5.97 Å². The van der Waals surface area contributed by atoms with Gasteiger partial charge in [0.05, 0.1) is 11.0 Å². The van der Waals surface area contributed by atoms with E-state index < -0.39 is 16.9 Å².